The van der Waals surface area contributed by atoms with Crippen LogP contribution in [0.1, 0.15) is 5.69 Å². The predicted molar refractivity (Wildman–Crippen MR) is 70.7 cm³/mol. The number of benzene rings is 1. The molecule has 0 spiro atoms. The number of hydrogen-bond acceptors (Lipinski definition) is 6. The molecule has 2 aromatic heterocycles. The Labute approximate surface area is 105 Å². The van der Waals surface area contributed by atoms with Crippen molar-refractivity contribution in [2.75, 3.05) is 11.1 Å². The number of hydrogen-bond donors (Lipinski definition) is 3. The molecule has 1 aromatic carbocycles. The smallest absolute Gasteiger partial charge is 0.304 e. The normalized spacial score (nSPS) is 10.9. The number of rotatable bonds is 3. The predicted octanol–water partition coefficient (Wildman–Crippen LogP) is 1.77. The van der Waals surface area contributed by atoms with E-state index in [1.54, 1.807) is 23.6 Å². The van der Waals surface area contributed by atoms with Gasteiger partial charge in [0.15, 0.2) is 5.58 Å². The summed E-state index contributed by atoms with van der Waals surface area (Å²) in [6, 6.07) is 5.68. The van der Waals surface area contributed by atoms with Crippen LogP contribution in [0.2, 0.25) is 0 Å². The van der Waals surface area contributed by atoms with Crippen LogP contribution in [0.5, 0.6) is 0 Å². The zero-order valence-corrected chi connectivity index (χ0v) is 10.1. The molecule has 7 heteroatoms. The van der Waals surface area contributed by atoms with Gasteiger partial charge in [-0.3, -0.25) is 4.79 Å². The molecule has 92 valence electrons. The molecule has 0 radical (unpaired) electrons. The van der Waals surface area contributed by atoms with Crippen molar-refractivity contribution in [1.29, 1.82) is 0 Å². The van der Waals surface area contributed by atoms with Gasteiger partial charge in [-0.25, -0.2) is 0 Å². The largest absolute Gasteiger partial charge is 0.424 e. The number of nitrogens with zero attached hydrogens (tertiary/aromatic N) is 1. The Morgan fingerprint density at radius 3 is 3.17 bits per heavy atom. The number of aromatic nitrogens is 2. The first kappa shape index (κ1) is 10.8. The molecule has 4 N–H and O–H groups in total. The van der Waals surface area contributed by atoms with Crippen LogP contribution >= 0.6 is 11.3 Å². The minimum Gasteiger partial charge on any atom is -0.424 e. The summed E-state index contributed by atoms with van der Waals surface area (Å²) < 4.78 is 5.49. The lowest BCUT2D eigenvalue weighted by Gasteiger charge is -1.97. The lowest BCUT2D eigenvalue weighted by atomic mass is 10.3. The number of oxazole rings is 1. The van der Waals surface area contributed by atoms with Gasteiger partial charge in [0.05, 0.1) is 6.54 Å². The number of anilines is 2. The first-order valence-electron chi connectivity index (χ1n) is 5.27. The second-order valence-corrected chi connectivity index (χ2v) is 4.62. The summed E-state index contributed by atoms with van der Waals surface area (Å²) in [5, 5.41) is 4.76. The molecule has 3 aromatic rings. The summed E-state index contributed by atoms with van der Waals surface area (Å²) in [5.74, 6) is 0. The molecule has 0 atom stereocenters. The van der Waals surface area contributed by atoms with Gasteiger partial charge >= 0.3 is 4.87 Å². The fourth-order valence-corrected chi connectivity index (χ4v) is 2.17. The minimum absolute atomic E-state index is 0.0721. The van der Waals surface area contributed by atoms with Crippen molar-refractivity contribution in [1.82, 2.24) is 9.97 Å². The van der Waals surface area contributed by atoms with Crippen molar-refractivity contribution in [2.24, 2.45) is 0 Å². The fourth-order valence-electron chi connectivity index (χ4n) is 1.59. The first-order valence-corrected chi connectivity index (χ1v) is 6.15. The highest BCUT2D eigenvalue weighted by molar-refractivity contribution is 7.07. The summed E-state index contributed by atoms with van der Waals surface area (Å²) in [6.07, 6.45) is 0. The summed E-state index contributed by atoms with van der Waals surface area (Å²) >= 11 is 1.13. The monoisotopic (exact) mass is 262 g/mol. The zero-order valence-electron chi connectivity index (χ0n) is 9.27. The third kappa shape index (κ3) is 2.07. The Morgan fingerprint density at radius 1 is 1.50 bits per heavy atom. The van der Waals surface area contributed by atoms with Crippen LogP contribution in [-0.2, 0) is 6.54 Å². The summed E-state index contributed by atoms with van der Waals surface area (Å²) in [4.78, 5) is 17.8. The summed E-state index contributed by atoms with van der Waals surface area (Å²) in [5.41, 5.74) is 8.48. The van der Waals surface area contributed by atoms with Gasteiger partial charge in [0.2, 0.25) is 0 Å². The molecule has 2 heterocycles. The number of nitrogens with two attached hydrogens (primary N) is 1. The van der Waals surface area contributed by atoms with Gasteiger partial charge in [0, 0.05) is 16.8 Å². The zero-order chi connectivity index (χ0) is 12.5. The maximum atomic E-state index is 11.0. The molecule has 0 saturated heterocycles. The number of aromatic amines is 1. The van der Waals surface area contributed by atoms with E-state index in [4.69, 9.17) is 10.2 Å². The van der Waals surface area contributed by atoms with Crippen LogP contribution in [0.3, 0.4) is 0 Å². The van der Waals surface area contributed by atoms with Crippen molar-refractivity contribution < 1.29 is 4.42 Å². The molecule has 0 aliphatic heterocycles. The van der Waals surface area contributed by atoms with Crippen molar-refractivity contribution in [3.63, 3.8) is 0 Å². The summed E-state index contributed by atoms with van der Waals surface area (Å²) in [6.45, 7) is 0.459. The molecular weight excluding hydrogens is 252 g/mol. The van der Waals surface area contributed by atoms with Gasteiger partial charge in [-0.1, -0.05) is 11.3 Å². The molecule has 0 bridgehead atoms. The first-order chi connectivity index (χ1) is 8.70. The van der Waals surface area contributed by atoms with Crippen LogP contribution in [0.25, 0.3) is 11.1 Å². The number of nitrogens with one attached hydrogen (secondary N) is 2. The molecular formula is C11H10N4O2S. The maximum absolute atomic E-state index is 11.0. The standard InChI is InChI=1S/C11H10N4O2S/c12-6-1-2-9-8(3-6)15-10(17-9)13-4-7-5-18-11(16)14-7/h1-3,5H,4,12H2,(H,13,15)(H,14,16). The van der Waals surface area contributed by atoms with Crippen LogP contribution in [0.15, 0.2) is 32.8 Å². The second-order valence-electron chi connectivity index (χ2n) is 3.77. The number of nitrogen functional groups attached to an aromatic ring is 1. The Hall–Kier alpha value is -2.28. The molecule has 6 nitrogen and oxygen atoms in total. The minimum atomic E-state index is -0.0721. The van der Waals surface area contributed by atoms with E-state index >= 15 is 0 Å². The lowest BCUT2D eigenvalue weighted by molar-refractivity contribution is 0.614. The average Bonchev–Trinajstić information content (AvgIpc) is 2.92. The second kappa shape index (κ2) is 4.19. The quantitative estimate of drug-likeness (QED) is 0.625. The highest BCUT2D eigenvalue weighted by Gasteiger charge is 2.06. The van der Waals surface area contributed by atoms with Crippen LogP contribution in [0.4, 0.5) is 11.7 Å². The SMILES string of the molecule is Nc1ccc2oc(NCc3csc(=O)[nH]3)nc2c1. The molecule has 0 amide bonds. The highest BCUT2D eigenvalue weighted by Crippen LogP contribution is 2.21. The average molecular weight is 262 g/mol. The van der Waals surface area contributed by atoms with Gasteiger partial charge in [-0.05, 0) is 18.2 Å². The maximum Gasteiger partial charge on any atom is 0.304 e. The number of H-pyrrole nitrogens is 1. The Bertz CT molecular complexity index is 743. The van der Waals surface area contributed by atoms with Gasteiger partial charge in [0.25, 0.3) is 6.01 Å². The van der Waals surface area contributed by atoms with E-state index in [2.05, 4.69) is 15.3 Å². The van der Waals surface area contributed by atoms with E-state index < -0.39 is 0 Å². The lowest BCUT2D eigenvalue weighted by Crippen LogP contribution is -2.02. The fraction of sp³-hybridized carbons (Fsp3) is 0.0909. The van der Waals surface area contributed by atoms with Gasteiger partial charge in [-0.15, -0.1) is 0 Å². The van der Waals surface area contributed by atoms with E-state index in [0.29, 0.717) is 29.3 Å². The molecule has 0 aliphatic carbocycles. The third-order valence-electron chi connectivity index (χ3n) is 2.41. The van der Waals surface area contributed by atoms with E-state index in [0.717, 1.165) is 17.0 Å². The van der Waals surface area contributed by atoms with Crippen molar-refractivity contribution in [2.45, 2.75) is 6.54 Å². The van der Waals surface area contributed by atoms with Gasteiger partial charge < -0.3 is 20.5 Å². The van der Waals surface area contributed by atoms with Gasteiger partial charge in [-0.2, -0.15) is 4.98 Å². The van der Waals surface area contributed by atoms with Crippen molar-refractivity contribution in [3.8, 4) is 0 Å². The summed E-state index contributed by atoms with van der Waals surface area (Å²) in [7, 11) is 0. The third-order valence-corrected chi connectivity index (χ3v) is 3.13. The van der Waals surface area contributed by atoms with E-state index in [9.17, 15) is 4.79 Å². The van der Waals surface area contributed by atoms with Crippen LogP contribution in [-0.4, -0.2) is 9.97 Å². The number of fused-ring (bicyclic) bond motifs is 1. The molecule has 0 unspecified atom stereocenters. The molecule has 18 heavy (non-hydrogen) atoms. The molecule has 0 saturated carbocycles. The molecule has 0 aliphatic rings. The van der Waals surface area contributed by atoms with Crippen LogP contribution in [0, 0.1) is 0 Å². The van der Waals surface area contributed by atoms with E-state index in [1.165, 1.54) is 0 Å². The van der Waals surface area contributed by atoms with Crippen molar-refractivity contribution >= 4 is 34.1 Å². The topological polar surface area (TPSA) is 96.9 Å². The van der Waals surface area contributed by atoms with E-state index in [1.807, 2.05) is 0 Å². The highest BCUT2D eigenvalue weighted by atomic mass is 32.1. The molecule has 0 fully saturated rings. The van der Waals surface area contributed by atoms with E-state index in [-0.39, 0.29) is 4.87 Å². The molecule has 3 rings (SSSR count). The Balaban J connectivity index is 1.80. The number of thiazole rings is 1. The Kier molecular flexibility index (Phi) is 2.52. The van der Waals surface area contributed by atoms with Crippen molar-refractivity contribution in [3.05, 3.63) is 38.9 Å². The van der Waals surface area contributed by atoms with Crippen LogP contribution < -0.4 is 15.9 Å². The van der Waals surface area contributed by atoms with Gasteiger partial charge in [0.1, 0.15) is 5.52 Å². The Morgan fingerprint density at radius 2 is 2.39 bits per heavy atom.